The van der Waals surface area contributed by atoms with E-state index in [9.17, 15) is 4.79 Å². The van der Waals surface area contributed by atoms with E-state index in [-0.39, 0.29) is 5.92 Å². The molecule has 18 heavy (non-hydrogen) atoms. The third kappa shape index (κ3) is 3.23. The first-order valence-corrected chi connectivity index (χ1v) is 7.42. The first-order chi connectivity index (χ1) is 8.72. The largest absolute Gasteiger partial charge is 0.342 e. The number of carbonyl (C=O) groups is 1. The lowest BCUT2D eigenvalue weighted by atomic mass is 9.96. The van der Waals surface area contributed by atoms with Crippen molar-refractivity contribution in [3.8, 4) is 0 Å². The number of nitrogens with zero attached hydrogens (tertiary/aromatic N) is 2. The minimum absolute atomic E-state index is 0.216. The summed E-state index contributed by atoms with van der Waals surface area (Å²) in [6.45, 7) is 7.57. The fourth-order valence-corrected chi connectivity index (χ4v) is 3.15. The highest BCUT2D eigenvalue weighted by Crippen LogP contribution is 2.19. The fraction of sp³-hybridized carbons (Fsp3) is 0.929. The predicted octanol–water partition coefficient (Wildman–Crippen LogP) is 0.929. The van der Waals surface area contributed by atoms with Crippen LogP contribution in [-0.4, -0.2) is 61.5 Å². The molecule has 0 bridgehead atoms. The second-order valence-corrected chi connectivity index (χ2v) is 5.66. The maximum absolute atomic E-state index is 12.4. The SMILES string of the molecule is CCN1CCC(N(C)C(=O)[C@@H]2CCCNC2)CC1. The molecule has 1 amide bonds. The molecule has 0 unspecified atom stereocenters. The Kier molecular flexibility index (Phi) is 5.01. The Morgan fingerprint density at radius 3 is 2.61 bits per heavy atom. The number of amides is 1. The molecule has 2 saturated heterocycles. The van der Waals surface area contributed by atoms with Crippen LogP contribution in [-0.2, 0) is 4.79 Å². The fourth-order valence-electron chi connectivity index (χ4n) is 3.15. The molecule has 2 rings (SSSR count). The third-order valence-corrected chi connectivity index (χ3v) is 4.55. The predicted molar refractivity (Wildman–Crippen MR) is 73.5 cm³/mol. The van der Waals surface area contributed by atoms with Crippen molar-refractivity contribution in [2.24, 2.45) is 5.92 Å². The van der Waals surface area contributed by atoms with Crippen molar-refractivity contribution in [3.05, 3.63) is 0 Å². The van der Waals surface area contributed by atoms with Crippen LogP contribution in [0.5, 0.6) is 0 Å². The average molecular weight is 253 g/mol. The third-order valence-electron chi connectivity index (χ3n) is 4.55. The highest BCUT2D eigenvalue weighted by Gasteiger charge is 2.29. The van der Waals surface area contributed by atoms with Gasteiger partial charge in [0.25, 0.3) is 0 Å². The van der Waals surface area contributed by atoms with Gasteiger partial charge in [0.15, 0.2) is 0 Å². The summed E-state index contributed by atoms with van der Waals surface area (Å²) >= 11 is 0. The lowest BCUT2D eigenvalue weighted by Crippen LogP contribution is -2.49. The van der Waals surface area contributed by atoms with E-state index in [4.69, 9.17) is 0 Å². The summed E-state index contributed by atoms with van der Waals surface area (Å²) in [6.07, 6.45) is 4.47. The van der Waals surface area contributed by atoms with Gasteiger partial charge in [-0.3, -0.25) is 4.79 Å². The minimum Gasteiger partial charge on any atom is -0.342 e. The van der Waals surface area contributed by atoms with Crippen molar-refractivity contribution in [1.29, 1.82) is 0 Å². The molecule has 0 aromatic rings. The number of carbonyl (C=O) groups excluding carboxylic acids is 1. The average Bonchev–Trinajstić information content (AvgIpc) is 2.47. The number of hydrogen-bond donors (Lipinski definition) is 1. The van der Waals surface area contributed by atoms with Crippen LogP contribution in [0.1, 0.15) is 32.6 Å². The van der Waals surface area contributed by atoms with Crippen LogP contribution >= 0.6 is 0 Å². The van der Waals surface area contributed by atoms with E-state index in [1.807, 2.05) is 11.9 Å². The van der Waals surface area contributed by atoms with E-state index in [1.165, 1.54) is 0 Å². The van der Waals surface area contributed by atoms with Gasteiger partial charge in [-0.2, -0.15) is 0 Å². The summed E-state index contributed by atoms with van der Waals surface area (Å²) in [4.78, 5) is 16.9. The van der Waals surface area contributed by atoms with Crippen LogP contribution in [0.2, 0.25) is 0 Å². The van der Waals surface area contributed by atoms with E-state index < -0.39 is 0 Å². The topological polar surface area (TPSA) is 35.6 Å². The summed E-state index contributed by atoms with van der Waals surface area (Å²) in [7, 11) is 2.00. The molecule has 1 atom stereocenters. The number of likely N-dealkylation sites (tertiary alicyclic amines) is 1. The highest BCUT2D eigenvalue weighted by atomic mass is 16.2. The first-order valence-electron chi connectivity index (χ1n) is 7.42. The first kappa shape index (κ1) is 13.8. The van der Waals surface area contributed by atoms with E-state index in [0.717, 1.165) is 58.4 Å². The van der Waals surface area contributed by atoms with Gasteiger partial charge in [-0.15, -0.1) is 0 Å². The molecule has 2 aliphatic rings. The molecule has 0 spiro atoms. The van der Waals surface area contributed by atoms with Crippen molar-refractivity contribution in [2.45, 2.75) is 38.6 Å². The zero-order valence-electron chi connectivity index (χ0n) is 11.8. The summed E-state index contributed by atoms with van der Waals surface area (Å²) < 4.78 is 0. The van der Waals surface area contributed by atoms with Gasteiger partial charge in [-0.25, -0.2) is 0 Å². The summed E-state index contributed by atoms with van der Waals surface area (Å²) in [5.41, 5.74) is 0. The quantitative estimate of drug-likeness (QED) is 0.813. The number of rotatable bonds is 3. The van der Waals surface area contributed by atoms with Crippen LogP contribution in [0, 0.1) is 5.92 Å². The Balaban J connectivity index is 1.83. The van der Waals surface area contributed by atoms with Crippen LogP contribution in [0.4, 0.5) is 0 Å². The monoisotopic (exact) mass is 253 g/mol. The Bertz CT molecular complexity index is 268. The van der Waals surface area contributed by atoms with Gasteiger partial charge < -0.3 is 15.1 Å². The van der Waals surface area contributed by atoms with Crippen LogP contribution in [0.25, 0.3) is 0 Å². The molecule has 1 N–H and O–H groups in total. The van der Waals surface area contributed by atoms with E-state index >= 15 is 0 Å². The van der Waals surface area contributed by atoms with Gasteiger partial charge in [0.1, 0.15) is 0 Å². The van der Waals surface area contributed by atoms with Crippen molar-refractivity contribution >= 4 is 5.91 Å². The van der Waals surface area contributed by atoms with Crippen molar-refractivity contribution in [2.75, 3.05) is 39.8 Å². The van der Waals surface area contributed by atoms with E-state index in [0.29, 0.717) is 11.9 Å². The zero-order valence-corrected chi connectivity index (χ0v) is 11.8. The molecule has 104 valence electrons. The molecular formula is C14H27N3O. The molecule has 2 aliphatic heterocycles. The molecular weight excluding hydrogens is 226 g/mol. The van der Waals surface area contributed by atoms with Gasteiger partial charge in [-0.1, -0.05) is 6.92 Å². The van der Waals surface area contributed by atoms with Crippen molar-refractivity contribution in [1.82, 2.24) is 15.1 Å². The molecule has 4 nitrogen and oxygen atoms in total. The van der Waals surface area contributed by atoms with Crippen LogP contribution in [0.15, 0.2) is 0 Å². The molecule has 0 aromatic heterocycles. The summed E-state index contributed by atoms with van der Waals surface area (Å²) in [5, 5.41) is 3.33. The lowest BCUT2D eigenvalue weighted by Gasteiger charge is -2.38. The number of hydrogen-bond acceptors (Lipinski definition) is 3. The Morgan fingerprint density at radius 1 is 1.33 bits per heavy atom. The van der Waals surface area contributed by atoms with Gasteiger partial charge in [0, 0.05) is 32.7 Å². The smallest absolute Gasteiger partial charge is 0.226 e. The number of piperidine rings is 2. The second kappa shape index (κ2) is 6.53. The van der Waals surface area contributed by atoms with Crippen molar-refractivity contribution < 1.29 is 4.79 Å². The minimum atomic E-state index is 0.216. The molecule has 0 saturated carbocycles. The Labute approximate surface area is 111 Å². The molecule has 4 heteroatoms. The lowest BCUT2D eigenvalue weighted by molar-refractivity contribution is -0.137. The molecule has 2 fully saturated rings. The summed E-state index contributed by atoms with van der Waals surface area (Å²) in [6, 6.07) is 0.460. The van der Waals surface area contributed by atoms with E-state index in [2.05, 4.69) is 17.1 Å². The molecule has 2 heterocycles. The summed E-state index contributed by atoms with van der Waals surface area (Å²) in [5.74, 6) is 0.574. The molecule has 0 aliphatic carbocycles. The van der Waals surface area contributed by atoms with Crippen molar-refractivity contribution in [3.63, 3.8) is 0 Å². The maximum atomic E-state index is 12.4. The van der Waals surface area contributed by atoms with Gasteiger partial charge in [0.2, 0.25) is 5.91 Å². The zero-order chi connectivity index (χ0) is 13.0. The van der Waals surface area contributed by atoms with Crippen LogP contribution < -0.4 is 5.32 Å². The normalized spacial score (nSPS) is 27.1. The van der Waals surface area contributed by atoms with Gasteiger partial charge >= 0.3 is 0 Å². The number of nitrogens with one attached hydrogen (secondary N) is 1. The Morgan fingerprint density at radius 2 is 2.06 bits per heavy atom. The second-order valence-electron chi connectivity index (χ2n) is 5.66. The highest BCUT2D eigenvalue weighted by molar-refractivity contribution is 5.79. The van der Waals surface area contributed by atoms with Gasteiger partial charge in [0.05, 0.1) is 5.92 Å². The van der Waals surface area contributed by atoms with Crippen LogP contribution in [0.3, 0.4) is 0 Å². The Hall–Kier alpha value is -0.610. The standard InChI is InChI=1S/C14H27N3O/c1-3-17-9-6-13(7-10-17)16(2)14(18)12-5-4-8-15-11-12/h12-13,15H,3-11H2,1-2H3/t12-/m1/s1. The van der Waals surface area contributed by atoms with E-state index in [1.54, 1.807) is 0 Å². The maximum Gasteiger partial charge on any atom is 0.226 e. The molecule has 0 aromatic carbocycles. The molecule has 0 radical (unpaired) electrons. The van der Waals surface area contributed by atoms with Gasteiger partial charge in [-0.05, 0) is 38.8 Å².